The lowest BCUT2D eigenvalue weighted by Gasteiger charge is -2.13. The minimum atomic E-state index is -2.32. The van der Waals surface area contributed by atoms with E-state index >= 15 is 0 Å². The van der Waals surface area contributed by atoms with Crippen LogP contribution in [0.3, 0.4) is 0 Å². The van der Waals surface area contributed by atoms with Crippen molar-refractivity contribution in [2.45, 2.75) is 6.42 Å². The number of allylic oxidation sites excluding steroid dienone is 4. The maximum absolute atomic E-state index is 11.1. The third-order valence-electron chi connectivity index (χ3n) is 2.26. The molecular formula is C12H11NO3S. The highest BCUT2D eigenvalue weighted by Gasteiger charge is 2.16. The Bertz CT molecular complexity index is 604. The van der Waals surface area contributed by atoms with Gasteiger partial charge < -0.3 is 10.5 Å². The predicted octanol–water partition coefficient (Wildman–Crippen LogP) is 1.25. The zero-order chi connectivity index (χ0) is 12.3. The molecule has 1 aliphatic carbocycles. The summed E-state index contributed by atoms with van der Waals surface area (Å²) in [5.74, 6) is 0.911. The summed E-state index contributed by atoms with van der Waals surface area (Å²) < 4.78 is 27.6. The topological polar surface area (TPSA) is 69.4 Å². The molecule has 2 rings (SSSR count). The molecule has 0 unspecified atom stereocenters. The van der Waals surface area contributed by atoms with Gasteiger partial charge in [0.15, 0.2) is 0 Å². The van der Waals surface area contributed by atoms with Gasteiger partial charge in [0.05, 0.1) is 0 Å². The van der Waals surface area contributed by atoms with Gasteiger partial charge in [-0.15, -0.1) is 0 Å². The lowest BCUT2D eigenvalue weighted by atomic mass is 10.1. The molecule has 0 amide bonds. The Balaban J connectivity index is 2.34. The van der Waals surface area contributed by atoms with Crippen LogP contribution in [0.5, 0.6) is 5.75 Å². The molecule has 1 aromatic carbocycles. The van der Waals surface area contributed by atoms with E-state index in [9.17, 15) is 8.42 Å². The van der Waals surface area contributed by atoms with Crippen molar-refractivity contribution in [3.05, 3.63) is 53.9 Å². The molecule has 0 atom stereocenters. The zero-order valence-corrected chi connectivity index (χ0v) is 9.78. The number of hydrogen-bond acceptors (Lipinski definition) is 4. The third kappa shape index (κ3) is 2.76. The molecule has 0 aliphatic heterocycles. The molecule has 1 aromatic rings. The number of para-hydroxylation sites is 1. The molecule has 0 saturated heterocycles. The van der Waals surface area contributed by atoms with Crippen molar-refractivity contribution in [3.8, 4) is 5.75 Å². The van der Waals surface area contributed by atoms with Gasteiger partial charge in [0.25, 0.3) is 0 Å². The number of nitrogens with two attached hydrogens (primary N) is 1. The van der Waals surface area contributed by atoms with Crippen molar-refractivity contribution < 1.29 is 13.2 Å². The molecule has 0 heterocycles. The fraction of sp³-hybridized carbons (Fsp3) is 0.0833. The molecule has 0 radical (unpaired) electrons. The second-order valence-corrected chi connectivity index (χ2v) is 4.48. The number of benzene rings is 1. The highest BCUT2D eigenvalue weighted by molar-refractivity contribution is 7.73. The Morgan fingerprint density at radius 2 is 1.82 bits per heavy atom. The van der Waals surface area contributed by atoms with Crippen LogP contribution in [-0.4, -0.2) is 13.3 Å². The lowest BCUT2D eigenvalue weighted by molar-refractivity contribution is 0.453. The first kappa shape index (κ1) is 11.5. The van der Waals surface area contributed by atoms with E-state index in [1.807, 2.05) is 18.2 Å². The molecule has 0 fully saturated rings. The number of hydrogen-bond donors (Lipinski definition) is 1. The Labute approximate surface area is 101 Å². The first-order chi connectivity index (χ1) is 8.16. The maximum Gasteiger partial charge on any atom is 0.221 e. The van der Waals surface area contributed by atoms with E-state index in [-0.39, 0.29) is 11.3 Å². The van der Waals surface area contributed by atoms with Crippen LogP contribution in [0.25, 0.3) is 0 Å². The highest BCUT2D eigenvalue weighted by atomic mass is 32.2. The summed E-state index contributed by atoms with van der Waals surface area (Å²) in [5, 5.41) is 0. The van der Waals surface area contributed by atoms with Gasteiger partial charge in [0.1, 0.15) is 16.4 Å². The second kappa shape index (κ2) is 4.88. The summed E-state index contributed by atoms with van der Waals surface area (Å²) in [6.07, 6.45) is 3.40. The van der Waals surface area contributed by atoms with Gasteiger partial charge in [-0.25, -0.2) is 0 Å². The summed E-state index contributed by atoms with van der Waals surface area (Å²) >= 11 is 0. The van der Waals surface area contributed by atoms with Gasteiger partial charge in [0, 0.05) is 12.1 Å². The third-order valence-corrected chi connectivity index (χ3v) is 3.01. The summed E-state index contributed by atoms with van der Waals surface area (Å²) in [6, 6.07) is 9.01. The predicted molar refractivity (Wildman–Crippen MR) is 66.0 cm³/mol. The van der Waals surface area contributed by atoms with Gasteiger partial charge in [-0.05, 0) is 24.3 Å². The van der Waals surface area contributed by atoms with Crippen LogP contribution in [0.2, 0.25) is 0 Å². The summed E-state index contributed by atoms with van der Waals surface area (Å²) in [6.45, 7) is 0. The van der Waals surface area contributed by atoms with Crippen LogP contribution in [0.15, 0.2) is 53.9 Å². The highest BCUT2D eigenvalue weighted by Crippen LogP contribution is 2.18. The average molecular weight is 249 g/mol. The first-order valence-corrected chi connectivity index (χ1v) is 6.09. The standard InChI is InChI=1S/C12H11NO3S/c13-9-6-7-11(12(8-9)17(14)15)16-10-4-2-1-3-5-10/h1-7H,8,13H2. The van der Waals surface area contributed by atoms with Crippen molar-refractivity contribution in [3.63, 3.8) is 0 Å². The number of rotatable bonds is 2. The molecule has 0 saturated carbocycles. The van der Waals surface area contributed by atoms with E-state index in [1.165, 1.54) is 0 Å². The van der Waals surface area contributed by atoms with E-state index in [2.05, 4.69) is 0 Å². The quantitative estimate of drug-likeness (QED) is 0.801. The Hall–Kier alpha value is -2.01. The Kier molecular flexibility index (Phi) is 3.30. The fourth-order valence-corrected chi connectivity index (χ4v) is 2.01. The smallest absolute Gasteiger partial charge is 0.221 e. The van der Waals surface area contributed by atoms with Gasteiger partial charge in [-0.3, -0.25) is 0 Å². The van der Waals surface area contributed by atoms with E-state index in [1.54, 1.807) is 24.3 Å². The minimum Gasteiger partial charge on any atom is -0.456 e. The molecule has 5 heteroatoms. The largest absolute Gasteiger partial charge is 0.456 e. The summed E-state index contributed by atoms with van der Waals surface area (Å²) in [7, 11) is -2.32. The van der Waals surface area contributed by atoms with Crippen LogP contribution in [0.1, 0.15) is 6.42 Å². The van der Waals surface area contributed by atoms with E-state index < -0.39 is 10.3 Å². The molecule has 0 aromatic heterocycles. The second-order valence-electron chi connectivity index (χ2n) is 3.52. The summed E-state index contributed by atoms with van der Waals surface area (Å²) in [4.78, 5) is 0.175. The van der Waals surface area contributed by atoms with E-state index in [0.29, 0.717) is 17.2 Å². The lowest BCUT2D eigenvalue weighted by Crippen LogP contribution is -2.17. The molecular weight excluding hydrogens is 238 g/mol. The van der Waals surface area contributed by atoms with Gasteiger partial charge in [0.2, 0.25) is 10.3 Å². The molecule has 0 spiro atoms. The monoisotopic (exact) mass is 249 g/mol. The molecule has 4 nitrogen and oxygen atoms in total. The molecule has 1 aliphatic rings. The average Bonchev–Trinajstić information content (AvgIpc) is 2.32. The van der Waals surface area contributed by atoms with Crippen LogP contribution >= 0.6 is 0 Å². The molecule has 88 valence electrons. The first-order valence-electron chi connectivity index (χ1n) is 5.01. The normalized spacial score (nSPS) is 14.9. The van der Waals surface area contributed by atoms with Crippen LogP contribution in [0, 0.1) is 0 Å². The maximum atomic E-state index is 11.1. The molecule has 2 N–H and O–H groups in total. The zero-order valence-electron chi connectivity index (χ0n) is 8.96. The van der Waals surface area contributed by atoms with E-state index in [0.717, 1.165) is 0 Å². The Morgan fingerprint density at radius 1 is 1.12 bits per heavy atom. The van der Waals surface area contributed by atoms with Crippen molar-refractivity contribution in [2.75, 3.05) is 0 Å². The van der Waals surface area contributed by atoms with Gasteiger partial charge in [-0.1, -0.05) is 18.2 Å². The number of ether oxygens (including phenoxy) is 1. The van der Waals surface area contributed by atoms with Crippen molar-refractivity contribution in [1.82, 2.24) is 0 Å². The fourth-order valence-electron chi connectivity index (χ4n) is 1.45. The van der Waals surface area contributed by atoms with Gasteiger partial charge in [-0.2, -0.15) is 8.42 Å². The van der Waals surface area contributed by atoms with Crippen LogP contribution in [0.4, 0.5) is 0 Å². The summed E-state index contributed by atoms with van der Waals surface area (Å²) in [5.41, 5.74) is 6.09. The molecule has 0 bridgehead atoms. The Morgan fingerprint density at radius 3 is 2.47 bits per heavy atom. The SMILES string of the molecule is NC1=CC=C(Oc2ccccc2)C(=S(=O)=O)C1. The minimum absolute atomic E-state index is 0.175. The van der Waals surface area contributed by atoms with Gasteiger partial charge >= 0.3 is 0 Å². The van der Waals surface area contributed by atoms with Crippen molar-refractivity contribution in [2.24, 2.45) is 5.73 Å². The molecule has 17 heavy (non-hydrogen) atoms. The van der Waals surface area contributed by atoms with Crippen molar-refractivity contribution >= 4 is 15.2 Å². The van der Waals surface area contributed by atoms with Crippen molar-refractivity contribution in [1.29, 1.82) is 0 Å². The van der Waals surface area contributed by atoms with E-state index in [4.69, 9.17) is 10.5 Å². The van der Waals surface area contributed by atoms with Crippen LogP contribution < -0.4 is 10.5 Å². The van der Waals surface area contributed by atoms with Crippen LogP contribution in [-0.2, 0) is 10.3 Å².